The highest BCUT2D eigenvalue weighted by Gasteiger charge is 2.38. The molecule has 0 spiro atoms. The van der Waals surface area contributed by atoms with E-state index in [0.29, 0.717) is 43.4 Å². The highest BCUT2D eigenvalue weighted by molar-refractivity contribution is 5.88. The first-order valence-corrected chi connectivity index (χ1v) is 10.7. The number of para-hydroxylation sites is 1. The molecule has 1 amide bonds. The van der Waals surface area contributed by atoms with Gasteiger partial charge in [0.2, 0.25) is 11.7 Å². The van der Waals surface area contributed by atoms with Gasteiger partial charge in [-0.05, 0) is 45.0 Å². The molecule has 2 N–H and O–H groups in total. The van der Waals surface area contributed by atoms with Gasteiger partial charge in [0.05, 0.1) is 6.54 Å². The van der Waals surface area contributed by atoms with Crippen LogP contribution in [-0.4, -0.2) is 60.0 Å². The van der Waals surface area contributed by atoms with E-state index in [-0.39, 0.29) is 12.5 Å². The summed E-state index contributed by atoms with van der Waals surface area (Å²) in [4.78, 5) is 14.9. The molecule has 2 aliphatic rings. The minimum absolute atomic E-state index is 0.0561. The van der Waals surface area contributed by atoms with Crippen LogP contribution in [0.4, 0.5) is 5.69 Å². The Morgan fingerprint density at radius 2 is 1.90 bits per heavy atom. The van der Waals surface area contributed by atoms with E-state index in [1.807, 2.05) is 63.2 Å². The Morgan fingerprint density at radius 1 is 1.16 bits per heavy atom. The van der Waals surface area contributed by atoms with Crippen molar-refractivity contribution in [2.24, 2.45) is 0 Å². The molecule has 1 fully saturated rings. The number of aryl methyl sites for hydroxylation is 1. The Hall–Kier alpha value is -2.93. The fraction of sp³-hybridized carbons (Fsp3) is 0.458. The zero-order chi connectivity index (χ0) is 22.0. The fourth-order valence-electron chi connectivity index (χ4n) is 3.98. The van der Waals surface area contributed by atoms with Crippen LogP contribution in [0.2, 0.25) is 0 Å². The lowest BCUT2D eigenvalue weighted by Gasteiger charge is -2.40. The Labute approximate surface area is 182 Å². The van der Waals surface area contributed by atoms with Crippen molar-refractivity contribution >= 4 is 11.6 Å². The summed E-state index contributed by atoms with van der Waals surface area (Å²) in [5.74, 6) is 1.72. The van der Waals surface area contributed by atoms with Crippen molar-refractivity contribution in [1.29, 1.82) is 0 Å². The maximum absolute atomic E-state index is 13.2. The van der Waals surface area contributed by atoms with Crippen molar-refractivity contribution in [2.45, 2.75) is 44.9 Å². The summed E-state index contributed by atoms with van der Waals surface area (Å²) < 4.78 is 17.4. The third kappa shape index (κ3) is 4.71. The van der Waals surface area contributed by atoms with Crippen LogP contribution in [0.5, 0.6) is 17.2 Å². The maximum Gasteiger partial charge on any atom is 0.247 e. The minimum Gasteiger partial charge on any atom is -0.486 e. The van der Waals surface area contributed by atoms with Gasteiger partial charge in [-0.15, -0.1) is 0 Å². The number of likely N-dealkylation sites (tertiary alicyclic amines) is 1. The van der Waals surface area contributed by atoms with Crippen LogP contribution >= 0.6 is 0 Å². The summed E-state index contributed by atoms with van der Waals surface area (Å²) in [7, 11) is 0. The number of nitrogens with zero attached hydrogens (tertiary/aromatic N) is 1. The predicted octanol–water partition coefficient (Wildman–Crippen LogP) is 3.00. The van der Waals surface area contributed by atoms with Crippen molar-refractivity contribution in [3.63, 3.8) is 0 Å². The molecule has 2 heterocycles. The summed E-state index contributed by atoms with van der Waals surface area (Å²) >= 11 is 0. The van der Waals surface area contributed by atoms with Crippen LogP contribution in [-0.2, 0) is 4.79 Å². The third-order valence-electron chi connectivity index (χ3n) is 5.66. The van der Waals surface area contributed by atoms with Crippen LogP contribution < -0.4 is 19.5 Å². The van der Waals surface area contributed by atoms with Crippen molar-refractivity contribution in [3.8, 4) is 17.2 Å². The zero-order valence-electron chi connectivity index (χ0n) is 18.3. The average Bonchev–Trinajstić information content (AvgIpc) is 2.76. The number of β-amino-alcohol motifs (C(OH)–C–C–N with tert-alkyl or cyclic N) is 1. The smallest absolute Gasteiger partial charge is 0.247 e. The van der Waals surface area contributed by atoms with Crippen LogP contribution in [0.15, 0.2) is 42.5 Å². The molecule has 0 radical (unpaired) electrons. The number of ether oxygens (including phenoxy) is 3. The maximum atomic E-state index is 13.2. The molecule has 2 aromatic carbocycles. The van der Waals surface area contributed by atoms with Crippen LogP contribution in [0.25, 0.3) is 0 Å². The monoisotopic (exact) mass is 426 g/mol. The third-order valence-corrected chi connectivity index (χ3v) is 5.66. The normalized spacial score (nSPS) is 20.8. The lowest BCUT2D eigenvalue weighted by atomic mass is 9.98. The number of fused-ring (bicyclic) bond motifs is 1. The van der Waals surface area contributed by atoms with E-state index in [4.69, 9.17) is 14.2 Å². The summed E-state index contributed by atoms with van der Waals surface area (Å²) in [6.07, 6.45) is -0.694. The Kier molecular flexibility index (Phi) is 5.96. The lowest BCUT2D eigenvalue weighted by molar-refractivity contribution is -0.140. The van der Waals surface area contributed by atoms with Gasteiger partial charge in [0.15, 0.2) is 11.5 Å². The molecular weight excluding hydrogens is 396 g/mol. The van der Waals surface area contributed by atoms with Crippen LogP contribution in [0.3, 0.4) is 0 Å². The second-order valence-electron chi connectivity index (χ2n) is 8.66. The fourth-order valence-corrected chi connectivity index (χ4v) is 3.98. The number of anilines is 1. The number of benzene rings is 2. The number of piperidine rings is 1. The number of aliphatic hydroxyl groups excluding tert-OH is 1. The number of nitrogens with one attached hydrogen (secondary N) is 1. The van der Waals surface area contributed by atoms with E-state index in [0.717, 1.165) is 11.3 Å². The molecule has 4 rings (SSSR count). The van der Waals surface area contributed by atoms with E-state index >= 15 is 0 Å². The summed E-state index contributed by atoms with van der Waals surface area (Å²) in [5, 5.41) is 14.0. The van der Waals surface area contributed by atoms with Crippen LogP contribution in [0, 0.1) is 6.92 Å². The van der Waals surface area contributed by atoms with E-state index in [9.17, 15) is 9.90 Å². The molecular formula is C24H30N2O5. The first kappa shape index (κ1) is 21.3. The molecule has 7 heteroatoms. The molecule has 0 unspecified atom stereocenters. The molecule has 0 aliphatic carbocycles. The molecule has 0 aromatic heterocycles. The molecule has 0 saturated carbocycles. The van der Waals surface area contributed by atoms with Gasteiger partial charge in [-0.2, -0.15) is 0 Å². The number of hydrogen-bond donors (Lipinski definition) is 2. The molecule has 2 atom stereocenters. The Bertz CT molecular complexity index is 928. The van der Waals surface area contributed by atoms with Crippen LogP contribution in [0.1, 0.15) is 25.8 Å². The molecule has 2 aromatic rings. The number of carbonyl (C=O) groups is 1. The second-order valence-corrected chi connectivity index (χ2v) is 8.66. The zero-order valence-corrected chi connectivity index (χ0v) is 18.3. The number of rotatable bonds is 5. The Morgan fingerprint density at radius 3 is 2.65 bits per heavy atom. The SMILES string of the molecule is Cc1ccc(NC(C)(C)C(=O)N2CC[C@@H](Oc3cccc4c3OCCO4)[C@H](O)C2)cc1. The van der Waals surface area contributed by atoms with Gasteiger partial charge in [0.1, 0.15) is 31.0 Å². The summed E-state index contributed by atoms with van der Waals surface area (Å²) in [6.45, 7) is 7.44. The lowest BCUT2D eigenvalue weighted by Crippen LogP contribution is -2.57. The topological polar surface area (TPSA) is 80.3 Å². The largest absolute Gasteiger partial charge is 0.486 e. The molecule has 0 bridgehead atoms. The van der Waals surface area contributed by atoms with E-state index < -0.39 is 17.7 Å². The first-order valence-electron chi connectivity index (χ1n) is 10.7. The molecule has 2 aliphatic heterocycles. The highest BCUT2D eigenvalue weighted by atomic mass is 16.6. The number of amides is 1. The molecule has 7 nitrogen and oxygen atoms in total. The van der Waals surface area contributed by atoms with Gasteiger partial charge < -0.3 is 29.5 Å². The second kappa shape index (κ2) is 8.67. The van der Waals surface area contributed by atoms with Gasteiger partial charge in [-0.25, -0.2) is 0 Å². The summed E-state index contributed by atoms with van der Waals surface area (Å²) in [5.41, 5.74) is 1.25. The van der Waals surface area contributed by atoms with E-state index in [1.54, 1.807) is 4.90 Å². The van der Waals surface area contributed by atoms with Gasteiger partial charge >= 0.3 is 0 Å². The van der Waals surface area contributed by atoms with E-state index in [1.165, 1.54) is 0 Å². The quantitative estimate of drug-likeness (QED) is 0.765. The predicted molar refractivity (Wildman–Crippen MR) is 118 cm³/mol. The number of aliphatic hydroxyl groups is 1. The van der Waals surface area contributed by atoms with Crippen molar-refractivity contribution in [1.82, 2.24) is 4.90 Å². The average molecular weight is 427 g/mol. The Balaban J connectivity index is 1.38. The van der Waals surface area contributed by atoms with E-state index in [2.05, 4.69) is 5.32 Å². The van der Waals surface area contributed by atoms with Gasteiger partial charge in [0, 0.05) is 18.7 Å². The molecule has 166 valence electrons. The van der Waals surface area contributed by atoms with Gasteiger partial charge in [0.25, 0.3) is 0 Å². The van der Waals surface area contributed by atoms with Gasteiger partial charge in [-0.3, -0.25) is 4.79 Å². The van der Waals surface area contributed by atoms with Gasteiger partial charge in [-0.1, -0.05) is 23.8 Å². The number of carbonyl (C=O) groups excluding carboxylic acids is 1. The molecule has 31 heavy (non-hydrogen) atoms. The first-order chi connectivity index (χ1) is 14.8. The highest BCUT2D eigenvalue weighted by Crippen LogP contribution is 2.40. The summed E-state index contributed by atoms with van der Waals surface area (Å²) in [6, 6.07) is 13.4. The standard InChI is InChI=1S/C24H30N2O5/c1-16-7-9-17(10-8-16)25-24(2,3)23(28)26-12-11-19(18(27)15-26)31-21-6-4-5-20-22(21)30-14-13-29-20/h4-10,18-19,25,27H,11-15H2,1-3H3/t18-,19-/m1/s1. The minimum atomic E-state index is -0.799. The molecule has 1 saturated heterocycles. The van der Waals surface area contributed by atoms with Crippen molar-refractivity contribution in [2.75, 3.05) is 31.6 Å². The number of hydrogen-bond acceptors (Lipinski definition) is 6. The van der Waals surface area contributed by atoms with Crippen molar-refractivity contribution in [3.05, 3.63) is 48.0 Å². The van der Waals surface area contributed by atoms with Crippen molar-refractivity contribution < 1.29 is 24.1 Å².